The lowest BCUT2D eigenvalue weighted by Gasteiger charge is -2.07. The standard InChI is InChI=1S/C13H11IN2S/c14-10-3-7-12(8-4-10)16-11-5-1-9(2-6-11)13(15)17/h1-8,16H,(H2,15,17). The van der Waals surface area contributed by atoms with Gasteiger partial charge in [-0.05, 0) is 71.1 Å². The van der Waals surface area contributed by atoms with Gasteiger partial charge in [-0.15, -0.1) is 0 Å². The van der Waals surface area contributed by atoms with E-state index in [4.69, 9.17) is 18.0 Å². The van der Waals surface area contributed by atoms with Gasteiger partial charge in [-0.1, -0.05) is 12.2 Å². The molecule has 2 aromatic rings. The molecule has 0 bridgehead atoms. The topological polar surface area (TPSA) is 38.0 Å². The summed E-state index contributed by atoms with van der Waals surface area (Å²) in [6.45, 7) is 0. The average molecular weight is 354 g/mol. The normalized spacial score (nSPS) is 9.94. The lowest BCUT2D eigenvalue weighted by Crippen LogP contribution is -2.08. The first-order chi connectivity index (χ1) is 8.15. The average Bonchev–Trinajstić information content (AvgIpc) is 2.33. The van der Waals surface area contributed by atoms with E-state index in [1.54, 1.807) is 0 Å². The van der Waals surface area contributed by atoms with Gasteiger partial charge in [0, 0.05) is 20.5 Å². The van der Waals surface area contributed by atoms with Crippen LogP contribution in [0.2, 0.25) is 0 Å². The summed E-state index contributed by atoms with van der Waals surface area (Å²) in [6.07, 6.45) is 0. The summed E-state index contributed by atoms with van der Waals surface area (Å²) in [5.41, 5.74) is 8.51. The van der Waals surface area contributed by atoms with Crippen LogP contribution < -0.4 is 11.1 Å². The second kappa shape index (κ2) is 5.46. The van der Waals surface area contributed by atoms with E-state index < -0.39 is 0 Å². The van der Waals surface area contributed by atoms with Crippen molar-refractivity contribution in [2.75, 3.05) is 5.32 Å². The Morgan fingerprint density at radius 2 is 1.41 bits per heavy atom. The molecule has 0 fully saturated rings. The molecular weight excluding hydrogens is 343 g/mol. The van der Waals surface area contributed by atoms with E-state index in [1.807, 2.05) is 36.4 Å². The van der Waals surface area contributed by atoms with Gasteiger partial charge in [0.1, 0.15) is 4.99 Å². The van der Waals surface area contributed by atoms with E-state index in [1.165, 1.54) is 3.57 Å². The molecule has 0 aliphatic rings. The van der Waals surface area contributed by atoms with E-state index in [9.17, 15) is 0 Å². The van der Waals surface area contributed by atoms with Crippen molar-refractivity contribution in [3.8, 4) is 0 Å². The fourth-order valence-electron chi connectivity index (χ4n) is 1.42. The first kappa shape index (κ1) is 12.3. The number of rotatable bonds is 3. The number of thiocarbonyl (C=S) groups is 1. The van der Waals surface area contributed by atoms with Crippen molar-refractivity contribution in [1.29, 1.82) is 0 Å². The van der Waals surface area contributed by atoms with Gasteiger partial charge in [0.2, 0.25) is 0 Å². The Hall–Kier alpha value is -1.14. The number of nitrogens with one attached hydrogen (secondary N) is 1. The highest BCUT2D eigenvalue weighted by Gasteiger charge is 1.97. The van der Waals surface area contributed by atoms with Crippen LogP contribution in [0, 0.1) is 3.57 Å². The minimum absolute atomic E-state index is 0.422. The molecule has 0 unspecified atom stereocenters. The summed E-state index contributed by atoms with van der Waals surface area (Å²) in [4.78, 5) is 0.422. The predicted molar refractivity (Wildman–Crippen MR) is 84.8 cm³/mol. The first-order valence-corrected chi connectivity index (χ1v) is 6.56. The van der Waals surface area contributed by atoms with Crippen molar-refractivity contribution in [3.05, 3.63) is 57.7 Å². The molecule has 2 nitrogen and oxygen atoms in total. The highest BCUT2D eigenvalue weighted by molar-refractivity contribution is 14.1. The maximum absolute atomic E-state index is 5.54. The van der Waals surface area contributed by atoms with Crippen LogP contribution in [0.5, 0.6) is 0 Å². The highest BCUT2D eigenvalue weighted by atomic mass is 127. The Morgan fingerprint density at radius 1 is 0.941 bits per heavy atom. The molecule has 0 aliphatic carbocycles. The molecule has 4 heteroatoms. The quantitative estimate of drug-likeness (QED) is 0.653. The van der Waals surface area contributed by atoms with Crippen molar-refractivity contribution >= 4 is 51.2 Å². The minimum atomic E-state index is 0.422. The van der Waals surface area contributed by atoms with Crippen LogP contribution in [0.3, 0.4) is 0 Å². The Labute approximate surface area is 119 Å². The molecule has 0 radical (unpaired) electrons. The smallest absolute Gasteiger partial charge is 0.103 e. The molecule has 2 aromatic carbocycles. The molecule has 0 heterocycles. The molecular formula is C13H11IN2S. The lowest BCUT2D eigenvalue weighted by molar-refractivity contribution is 1.52. The summed E-state index contributed by atoms with van der Waals surface area (Å²) in [6, 6.07) is 16.0. The summed E-state index contributed by atoms with van der Waals surface area (Å²) in [5.74, 6) is 0. The molecule has 0 aromatic heterocycles. The summed E-state index contributed by atoms with van der Waals surface area (Å²) >= 11 is 7.19. The number of hydrogen-bond acceptors (Lipinski definition) is 2. The van der Waals surface area contributed by atoms with E-state index in [2.05, 4.69) is 40.0 Å². The molecule has 2 rings (SSSR count). The van der Waals surface area contributed by atoms with Crippen LogP contribution in [0.4, 0.5) is 11.4 Å². The van der Waals surface area contributed by atoms with Crippen molar-refractivity contribution in [2.24, 2.45) is 5.73 Å². The first-order valence-electron chi connectivity index (χ1n) is 5.07. The molecule has 86 valence electrons. The van der Waals surface area contributed by atoms with Gasteiger partial charge in [-0.3, -0.25) is 0 Å². The SMILES string of the molecule is NC(=S)c1ccc(Nc2ccc(I)cc2)cc1. The van der Waals surface area contributed by atoms with Gasteiger partial charge in [-0.2, -0.15) is 0 Å². The van der Waals surface area contributed by atoms with Crippen molar-refractivity contribution in [2.45, 2.75) is 0 Å². The Morgan fingerprint density at radius 3 is 1.88 bits per heavy atom. The number of anilines is 2. The van der Waals surface area contributed by atoms with Crippen LogP contribution in [0.15, 0.2) is 48.5 Å². The number of benzene rings is 2. The Kier molecular flexibility index (Phi) is 3.96. The van der Waals surface area contributed by atoms with Crippen molar-refractivity contribution in [3.63, 3.8) is 0 Å². The van der Waals surface area contributed by atoms with Gasteiger partial charge in [0.15, 0.2) is 0 Å². The zero-order chi connectivity index (χ0) is 12.3. The minimum Gasteiger partial charge on any atom is -0.389 e. The molecule has 17 heavy (non-hydrogen) atoms. The summed E-state index contributed by atoms with van der Waals surface area (Å²) in [5, 5.41) is 3.31. The van der Waals surface area contributed by atoms with E-state index in [0.717, 1.165) is 16.9 Å². The third-order valence-corrected chi connectivity index (χ3v) is 3.26. The third-order valence-electron chi connectivity index (χ3n) is 2.30. The zero-order valence-corrected chi connectivity index (χ0v) is 12.0. The molecule has 0 aliphatic heterocycles. The molecule has 0 saturated heterocycles. The highest BCUT2D eigenvalue weighted by Crippen LogP contribution is 2.18. The molecule has 0 amide bonds. The number of nitrogens with two attached hydrogens (primary N) is 1. The van der Waals surface area contributed by atoms with Crippen LogP contribution in [0.25, 0.3) is 0 Å². The fourth-order valence-corrected chi connectivity index (χ4v) is 1.91. The van der Waals surface area contributed by atoms with E-state index in [-0.39, 0.29) is 0 Å². The largest absolute Gasteiger partial charge is 0.389 e. The Bertz CT molecular complexity index is 520. The number of halogens is 1. The van der Waals surface area contributed by atoms with Crippen LogP contribution in [-0.2, 0) is 0 Å². The van der Waals surface area contributed by atoms with E-state index >= 15 is 0 Å². The Balaban J connectivity index is 2.13. The lowest BCUT2D eigenvalue weighted by atomic mass is 10.2. The molecule has 3 N–H and O–H groups in total. The monoisotopic (exact) mass is 354 g/mol. The third kappa shape index (κ3) is 3.41. The fraction of sp³-hybridized carbons (Fsp3) is 0. The van der Waals surface area contributed by atoms with Gasteiger partial charge < -0.3 is 11.1 Å². The molecule has 0 spiro atoms. The van der Waals surface area contributed by atoms with Gasteiger partial charge in [0.25, 0.3) is 0 Å². The van der Waals surface area contributed by atoms with Crippen molar-refractivity contribution in [1.82, 2.24) is 0 Å². The second-order valence-electron chi connectivity index (χ2n) is 3.57. The molecule has 0 atom stereocenters. The van der Waals surface area contributed by atoms with Crippen LogP contribution >= 0.6 is 34.8 Å². The zero-order valence-electron chi connectivity index (χ0n) is 8.98. The van der Waals surface area contributed by atoms with Gasteiger partial charge in [-0.25, -0.2) is 0 Å². The summed E-state index contributed by atoms with van der Waals surface area (Å²) in [7, 11) is 0. The van der Waals surface area contributed by atoms with E-state index in [0.29, 0.717) is 4.99 Å². The van der Waals surface area contributed by atoms with Gasteiger partial charge >= 0.3 is 0 Å². The maximum Gasteiger partial charge on any atom is 0.103 e. The van der Waals surface area contributed by atoms with Crippen molar-refractivity contribution < 1.29 is 0 Å². The van der Waals surface area contributed by atoms with Crippen LogP contribution in [-0.4, -0.2) is 4.99 Å². The predicted octanol–water partition coefficient (Wildman–Crippen LogP) is 3.67. The second-order valence-corrected chi connectivity index (χ2v) is 5.26. The maximum atomic E-state index is 5.54. The molecule has 0 saturated carbocycles. The van der Waals surface area contributed by atoms with Crippen LogP contribution in [0.1, 0.15) is 5.56 Å². The number of hydrogen-bond donors (Lipinski definition) is 2. The van der Waals surface area contributed by atoms with Gasteiger partial charge in [0.05, 0.1) is 0 Å². The summed E-state index contributed by atoms with van der Waals surface area (Å²) < 4.78 is 1.22.